The van der Waals surface area contributed by atoms with Crippen LogP contribution >= 0.6 is 15.9 Å². The van der Waals surface area contributed by atoms with Crippen molar-refractivity contribution in [1.82, 2.24) is 10.7 Å². The van der Waals surface area contributed by atoms with Crippen LogP contribution in [0.25, 0.3) is 0 Å². The summed E-state index contributed by atoms with van der Waals surface area (Å²) in [5.74, 6) is -1.12. The Labute approximate surface area is 182 Å². The predicted molar refractivity (Wildman–Crippen MR) is 119 cm³/mol. The van der Waals surface area contributed by atoms with E-state index in [1.807, 2.05) is 60.7 Å². The van der Waals surface area contributed by atoms with Crippen LogP contribution in [0.4, 0.5) is 0 Å². The largest absolute Gasteiger partial charge is 0.507 e. The Bertz CT molecular complexity index is 1000. The third kappa shape index (κ3) is 5.78. The number of phenols is 1. The summed E-state index contributed by atoms with van der Waals surface area (Å²) in [7, 11) is 0. The van der Waals surface area contributed by atoms with Crippen molar-refractivity contribution in [2.45, 2.75) is 5.92 Å². The normalized spacial score (nSPS) is 10.9. The molecule has 7 heteroatoms. The van der Waals surface area contributed by atoms with Crippen molar-refractivity contribution in [3.63, 3.8) is 0 Å². The molecule has 0 radical (unpaired) electrons. The van der Waals surface area contributed by atoms with Crippen molar-refractivity contribution < 1.29 is 14.7 Å². The summed E-state index contributed by atoms with van der Waals surface area (Å²) < 4.78 is 0.526. The Kier molecular flexibility index (Phi) is 7.34. The van der Waals surface area contributed by atoms with E-state index in [9.17, 15) is 14.7 Å². The monoisotopic (exact) mass is 465 g/mol. The molecule has 0 aliphatic carbocycles. The number of amides is 2. The molecule has 0 fully saturated rings. The first-order valence-electron chi connectivity index (χ1n) is 9.22. The maximum Gasteiger partial charge on any atom is 0.259 e. The molecule has 3 aromatic carbocycles. The van der Waals surface area contributed by atoms with Gasteiger partial charge in [0.15, 0.2) is 0 Å². The Morgan fingerprint density at radius 3 is 2.13 bits per heavy atom. The number of hydrazone groups is 1. The van der Waals surface area contributed by atoms with Gasteiger partial charge in [0.2, 0.25) is 5.91 Å². The van der Waals surface area contributed by atoms with E-state index in [-0.39, 0.29) is 18.2 Å². The molecule has 0 heterocycles. The minimum atomic E-state index is -0.516. The van der Waals surface area contributed by atoms with Crippen molar-refractivity contribution in [2.75, 3.05) is 6.54 Å². The SMILES string of the molecule is O=C(CNC(=O)C(c1ccccc1)c1ccccc1)N/N=C/c1ccc(O)c(Br)c1. The lowest BCUT2D eigenvalue weighted by atomic mass is 9.90. The highest BCUT2D eigenvalue weighted by Crippen LogP contribution is 2.25. The number of benzene rings is 3. The van der Waals surface area contributed by atoms with Crippen molar-refractivity contribution in [1.29, 1.82) is 0 Å². The first-order chi connectivity index (χ1) is 14.5. The van der Waals surface area contributed by atoms with E-state index in [1.165, 1.54) is 12.3 Å². The summed E-state index contributed by atoms with van der Waals surface area (Å²) in [6.07, 6.45) is 1.45. The second-order valence-electron chi connectivity index (χ2n) is 6.48. The predicted octanol–water partition coefficient (Wildman–Crippen LogP) is 3.55. The molecule has 0 saturated carbocycles. The number of phenolic OH excluding ortho intramolecular Hbond substituents is 1. The molecular weight excluding hydrogens is 446 g/mol. The average Bonchev–Trinajstić information content (AvgIpc) is 2.76. The van der Waals surface area contributed by atoms with Gasteiger partial charge in [-0.1, -0.05) is 60.7 Å². The van der Waals surface area contributed by atoms with Crippen LogP contribution in [0, 0.1) is 0 Å². The molecule has 3 N–H and O–H groups in total. The van der Waals surface area contributed by atoms with Gasteiger partial charge in [0.05, 0.1) is 23.1 Å². The molecule has 0 unspecified atom stereocenters. The van der Waals surface area contributed by atoms with E-state index in [0.29, 0.717) is 10.0 Å². The van der Waals surface area contributed by atoms with Crippen LogP contribution in [-0.4, -0.2) is 29.7 Å². The topological polar surface area (TPSA) is 90.8 Å². The van der Waals surface area contributed by atoms with Crippen LogP contribution in [0.15, 0.2) is 88.4 Å². The number of nitrogens with one attached hydrogen (secondary N) is 2. The lowest BCUT2D eigenvalue weighted by Gasteiger charge is -2.17. The maximum atomic E-state index is 12.9. The lowest BCUT2D eigenvalue weighted by Crippen LogP contribution is -2.37. The molecule has 0 saturated heterocycles. The van der Waals surface area contributed by atoms with Gasteiger partial charge >= 0.3 is 0 Å². The van der Waals surface area contributed by atoms with Crippen LogP contribution < -0.4 is 10.7 Å². The van der Waals surface area contributed by atoms with Gasteiger partial charge < -0.3 is 10.4 Å². The van der Waals surface area contributed by atoms with Crippen LogP contribution in [0.1, 0.15) is 22.6 Å². The lowest BCUT2D eigenvalue weighted by molar-refractivity contribution is -0.126. The van der Waals surface area contributed by atoms with Gasteiger partial charge in [-0.15, -0.1) is 0 Å². The minimum Gasteiger partial charge on any atom is -0.507 e. The van der Waals surface area contributed by atoms with Gasteiger partial charge in [-0.2, -0.15) is 5.10 Å². The molecule has 2 amide bonds. The molecule has 0 aliphatic heterocycles. The zero-order chi connectivity index (χ0) is 21.3. The first-order valence-corrected chi connectivity index (χ1v) is 10.0. The number of carbonyl (C=O) groups excluding carboxylic acids is 2. The van der Waals surface area contributed by atoms with Crippen LogP contribution in [0.5, 0.6) is 5.75 Å². The second kappa shape index (κ2) is 10.4. The molecule has 0 atom stereocenters. The molecule has 0 aromatic heterocycles. The molecule has 6 nitrogen and oxygen atoms in total. The number of hydrogen-bond acceptors (Lipinski definition) is 4. The summed E-state index contributed by atoms with van der Waals surface area (Å²) in [6.45, 7) is -0.203. The molecule has 152 valence electrons. The zero-order valence-electron chi connectivity index (χ0n) is 16.0. The number of nitrogens with zero attached hydrogens (tertiary/aromatic N) is 1. The van der Waals surface area contributed by atoms with Crippen molar-refractivity contribution >= 4 is 34.0 Å². The van der Waals surface area contributed by atoms with Gasteiger partial charge in [0.25, 0.3) is 5.91 Å². The van der Waals surface area contributed by atoms with Crippen LogP contribution in [-0.2, 0) is 9.59 Å². The van der Waals surface area contributed by atoms with Crippen molar-refractivity contribution in [2.24, 2.45) is 5.10 Å². The van der Waals surface area contributed by atoms with Gasteiger partial charge in [0.1, 0.15) is 5.75 Å². The molecule has 30 heavy (non-hydrogen) atoms. The fraction of sp³-hybridized carbons (Fsp3) is 0.0870. The summed E-state index contributed by atoms with van der Waals surface area (Å²) in [5, 5.41) is 16.0. The number of aromatic hydroxyl groups is 1. The van der Waals surface area contributed by atoms with E-state index in [1.54, 1.807) is 12.1 Å². The Morgan fingerprint density at radius 2 is 1.57 bits per heavy atom. The molecule has 3 aromatic rings. The average molecular weight is 466 g/mol. The number of rotatable bonds is 7. The standard InChI is InChI=1S/C23H20BrN3O3/c24-19-13-16(11-12-20(19)28)14-26-27-21(29)15-25-23(30)22(17-7-3-1-4-8-17)18-9-5-2-6-10-18/h1-14,22,28H,15H2,(H,25,30)(H,27,29)/b26-14+. The summed E-state index contributed by atoms with van der Waals surface area (Å²) >= 11 is 3.21. The minimum absolute atomic E-state index is 0.116. The highest BCUT2D eigenvalue weighted by molar-refractivity contribution is 9.10. The van der Waals surface area contributed by atoms with Crippen LogP contribution in [0.2, 0.25) is 0 Å². The summed E-state index contributed by atoms with van der Waals surface area (Å²) in [4.78, 5) is 24.9. The van der Waals surface area contributed by atoms with Gasteiger partial charge in [-0.25, -0.2) is 5.43 Å². The molecule has 0 bridgehead atoms. The Balaban J connectivity index is 1.60. The third-order valence-corrected chi connectivity index (χ3v) is 4.96. The highest BCUT2D eigenvalue weighted by Gasteiger charge is 2.22. The van der Waals surface area contributed by atoms with E-state index >= 15 is 0 Å². The number of carbonyl (C=O) groups is 2. The fourth-order valence-electron chi connectivity index (χ4n) is 2.88. The quantitative estimate of drug-likeness (QED) is 0.368. The molecular formula is C23H20BrN3O3. The van der Waals surface area contributed by atoms with Gasteiger partial charge in [-0.05, 0) is 50.8 Å². The van der Waals surface area contributed by atoms with Gasteiger partial charge in [0, 0.05) is 0 Å². The Hall–Kier alpha value is -3.45. The van der Waals surface area contributed by atoms with E-state index in [0.717, 1.165) is 11.1 Å². The van der Waals surface area contributed by atoms with E-state index < -0.39 is 11.8 Å². The molecule has 0 spiro atoms. The number of hydrogen-bond donors (Lipinski definition) is 3. The summed E-state index contributed by atoms with van der Waals surface area (Å²) in [5.41, 5.74) is 4.76. The third-order valence-electron chi connectivity index (χ3n) is 4.33. The van der Waals surface area contributed by atoms with Crippen LogP contribution in [0.3, 0.4) is 0 Å². The first kappa shape index (κ1) is 21.3. The zero-order valence-corrected chi connectivity index (χ0v) is 17.5. The molecule has 3 rings (SSSR count). The Morgan fingerprint density at radius 1 is 0.967 bits per heavy atom. The highest BCUT2D eigenvalue weighted by atomic mass is 79.9. The number of halogens is 1. The van der Waals surface area contributed by atoms with Crippen molar-refractivity contribution in [3.8, 4) is 5.75 Å². The second-order valence-corrected chi connectivity index (χ2v) is 7.33. The summed E-state index contributed by atoms with van der Waals surface area (Å²) in [6, 6.07) is 23.7. The maximum absolute atomic E-state index is 12.9. The van der Waals surface area contributed by atoms with E-state index in [4.69, 9.17) is 0 Å². The molecule has 0 aliphatic rings. The smallest absolute Gasteiger partial charge is 0.259 e. The van der Waals surface area contributed by atoms with Gasteiger partial charge in [-0.3, -0.25) is 9.59 Å². The fourth-order valence-corrected chi connectivity index (χ4v) is 3.27. The van der Waals surface area contributed by atoms with E-state index in [2.05, 4.69) is 31.8 Å². The van der Waals surface area contributed by atoms with Crippen molar-refractivity contribution in [3.05, 3.63) is 100 Å².